The highest BCUT2D eigenvalue weighted by molar-refractivity contribution is 5.78. The fraction of sp³-hybridized carbons (Fsp3) is 0.500. The van der Waals surface area contributed by atoms with Crippen LogP contribution in [-0.4, -0.2) is 23.5 Å². The Kier molecular flexibility index (Phi) is 3.51. The van der Waals surface area contributed by atoms with Crippen LogP contribution in [0.5, 0.6) is 0 Å². The van der Waals surface area contributed by atoms with Crippen molar-refractivity contribution in [3.8, 4) is 0 Å². The first-order valence-corrected chi connectivity index (χ1v) is 5.65. The van der Waals surface area contributed by atoms with E-state index in [1.807, 2.05) is 19.2 Å². The van der Waals surface area contributed by atoms with E-state index in [0.29, 0.717) is 19.1 Å². The van der Waals surface area contributed by atoms with Gasteiger partial charge in [0.1, 0.15) is 0 Å². The molecular formula is C12H17N3O. The Hall–Kier alpha value is -1.42. The summed E-state index contributed by atoms with van der Waals surface area (Å²) in [6.45, 7) is 3.12. The number of carbonyl (C=O) groups excluding carboxylic acids is 1. The summed E-state index contributed by atoms with van der Waals surface area (Å²) in [5.41, 5.74) is 2.34. The summed E-state index contributed by atoms with van der Waals surface area (Å²) in [7, 11) is 0. The first-order valence-electron chi connectivity index (χ1n) is 5.65. The molecule has 1 amide bonds. The number of rotatable bonds is 5. The molecule has 16 heavy (non-hydrogen) atoms. The molecule has 1 aliphatic carbocycles. The van der Waals surface area contributed by atoms with Gasteiger partial charge in [0.2, 0.25) is 5.91 Å². The van der Waals surface area contributed by atoms with E-state index in [1.165, 1.54) is 5.56 Å². The van der Waals surface area contributed by atoms with Crippen molar-refractivity contribution in [3.63, 3.8) is 0 Å². The van der Waals surface area contributed by atoms with Crippen molar-refractivity contribution >= 4 is 5.91 Å². The fourth-order valence-corrected chi connectivity index (χ4v) is 1.52. The third-order valence-corrected chi connectivity index (χ3v) is 2.68. The molecule has 0 atom stereocenters. The maximum atomic E-state index is 11.4. The van der Waals surface area contributed by atoms with Crippen LogP contribution in [0.15, 0.2) is 18.5 Å². The van der Waals surface area contributed by atoms with Gasteiger partial charge < -0.3 is 10.6 Å². The topological polar surface area (TPSA) is 54.0 Å². The molecule has 1 saturated carbocycles. The maximum absolute atomic E-state index is 11.4. The molecule has 4 nitrogen and oxygen atoms in total. The van der Waals surface area contributed by atoms with Crippen LogP contribution < -0.4 is 10.6 Å². The zero-order chi connectivity index (χ0) is 11.4. The number of nitrogens with zero attached hydrogens (tertiary/aromatic N) is 1. The van der Waals surface area contributed by atoms with Gasteiger partial charge in [0.05, 0.1) is 6.54 Å². The second-order valence-corrected chi connectivity index (χ2v) is 4.25. The lowest BCUT2D eigenvalue weighted by Gasteiger charge is -2.07. The maximum Gasteiger partial charge on any atom is 0.234 e. The van der Waals surface area contributed by atoms with Gasteiger partial charge in [-0.25, -0.2) is 0 Å². The van der Waals surface area contributed by atoms with E-state index in [9.17, 15) is 4.79 Å². The third-order valence-electron chi connectivity index (χ3n) is 2.68. The zero-order valence-corrected chi connectivity index (χ0v) is 9.49. The number of aryl methyl sites for hydroxylation is 1. The minimum Gasteiger partial charge on any atom is -0.352 e. The van der Waals surface area contributed by atoms with E-state index in [2.05, 4.69) is 15.6 Å². The lowest BCUT2D eigenvalue weighted by molar-refractivity contribution is -0.120. The second-order valence-electron chi connectivity index (χ2n) is 4.25. The second kappa shape index (κ2) is 5.07. The Morgan fingerprint density at radius 2 is 2.38 bits per heavy atom. The highest BCUT2D eigenvalue weighted by atomic mass is 16.2. The van der Waals surface area contributed by atoms with Crippen molar-refractivity contribution in [2.75, 3.05) is 6.54 Å². The average Bonchev–Trinajstić information content (AvgIpc) is 3.05. The third kappa shape index (κ3) is 3.31. The van der Waals surface area contributed by atoms with Gasteiger partial charge in [-0.2, -0.15) is 0 Å². The van der Waals surface area contributed by atoms with Crippen LogP contribution in [0.1, 0.15) is 24.0 Å². The van der Waals surface area contributed by atoms with Gasteiger partial charge in [-0.3, -0.25) is 9.78 Å². The normalized spacial score (nSPS) is 14.8. The smallest absolute Gasteiger partial charge is 0.234 e. The highest BCUT2D eigenvalue weighted by Crippen LogP contribution is 2.18. The SMILES string of the molecule is Cc1cnccc1CNCC(=O)NC1CC1. The predicted molar refractivity (Wildman–Crippen MR) is 61.8 cm³/mol. The molecule has 0 aliphatic heterocycles. The van der Waals surface area contributed by atoms with Crippen molar-refractivity contribution < 1.29 is 4.79 Å². The molecule has 0 aromatic carbocycles. The summed E-state index contributed by atoms with van der Waals surface area (Å²) in [6.07, 6.45) is 5.87. The van der Waals surface area contributed by atoms with Gasteiger partial charge in [-0.1, -0.05) is 0 Å². The van der Waals surface area contributed by atoms with Crippen LogP contribution in [0.3, 0.4) is 0 Å². The highest BCUT2D eigenvalue weighted by Gasteiger charge is 2.22. The standard InChI is InChI=1S/C12H17N3O/c1-9-6-13-5-4-10(9)7-14-8-12(16)15-11-2-3-11/h4-6,11,14H,2-3,7-8H2,1H3,(H,15,16). The van der Waals surface area contributed by atoms with E-state index in [0.717, 1.165) is 18.4 Å². The van der Waals surface area contributed by atoms with Crippen molar-refractivity contribution in [2.24, 2.45) is 0 Å². The van der Waals surface area contributed by atoms with E-state index in [4.69, 9.17) is 0 Å². The Balaban J connectivity index is 1.70. The summed E-state index contributed by atoms with van der Waals surface area (Å²) in [5, 5.41) is 6.08. The van der Waals surface area contributed by atoms with Crippen molar-refractivity contribution in [2.45, 2.75) is 32.4 Å². The Labute approximate surface area is 95.5 Å². The number of hydrogen-bond donors (Lipinski definition) is 2. The number of carbonyl (C=O) groups is 1. The molecule has 1 aromatic heterocycles. The number of pyridine rings is 1. The van der Waals surface area contributed by atoms with E-state index in [1.54, 1.807) is 6.20 Å². The average molecular weight is 219 g/mol. The number of hydrogen-bond acceptors (Lipinski definition) is 3. The summed E-state index contributed by atoms with van der Waals surface area (Å²) in [5.74, 6) is 0.0919. The van der Waals surface area contributed by atoms with Gasteiger partial charge in [-0.15, -0.1) is 0 Å². The molecule has 0 bridgehead atoms. The monoisotopic (exact) mass is 219 g/mol. The zero-order valence-electron chi connectivity index (χ0n) is 9.49. The van der Waals surface area contributed by atoms with Crippen molar-refractivity contribution in [3.05, 3.63) is 29.6 Å². The van der Waals surface area contributed by atoms with Crippen molar-refractivity contribution in [1.29, 1.82) is 0 Å². The largest absolute Gasteiger partial charge is 0.352 e. The molecular weight excluding hydrogens is 202 g/mol. The number of amides is 1. The Bertz CT molecular complexity index is 374. The minimum absolute atomic E-state index is 0.0919. The van der Waals surface area contributed by atoms with Crippen LogP contribution in [0, 0.1) is 6.92 Å². The molecule has 4 heteroatoms. The van der Waals surface area contributed by atoms with E-state index >= 15 is 0 Å². The molecule has 1 heterocycles. The van der Waals surface area contributed by atoms with Crippen molar-refractivity contribution in [1.82, 2.24) is 15.6 Å². The molecule has 2 rings (SSSR count). The summed E-state index contributed by atoms with van der Waals surface area (Å²) in [4.78, 5) is 15.4. The lowest BCUT2D eigenvalue weighted by atomic mass is 10.1. The number of aromatic nitrogens is 1. The van der Waals surface area contributed by atoms with Crippen LogP contribution >= 0.6 is 0 Å². The van der Waals surface area contributed by atoms with Crippen LogP contribution in [0.2, 0.25) is 0 Å². The van der Waals surface area contributed by atoms with Gasteiger partial charge >= 0.3 is 0 Å². The molecule has 2 N–H and O–H groups in total. The molecule has 0 unspecified atom stereocenters. The molecule has 0 spiro atoms. The Morgan fingerprint density at radius 3 is 3.06 bits per heavy atom. The summed E-state index contributed by atoms with van der Waals surface area (Å²) in [6, 6.07) is 2.41. The Morgan fingerprint density at radius 1 is 1.56 bits per heavy atom. The number of nitrogens with one attached hydrogen (secondary N) is 2. The van der Waals surface area contributed by atoms with Gasteiger partial charge in [-0.05, 0) is 37.0 Å². The summed E-state index contributed by atoms with van der Waals surface area (Å²) < 4.78 is 0. The van der Waals surface area contributed by atoms with Crippen LogP contribution in [0.4, 0.5) is 0 Å². The molecule has 1 aliphatic rings. The quantitative estimate of drug-likeness (QED) is 0.768. The fourth-order valence-electron chi connectivity index (χ4n) is 1.52. The van der Waals surface area contributed by atoms with Crippen LogP contribution in [0.25, 0.3) is 0 Å². The molecule has 0 saturated heterocycles. The van der Waals surface area contributed by atoms with E-state index in [-0.39, 0.29) is 5.91 Å². The van der Waals surface area contributed by atoms with E-state index < -0.39 is 0 Å². The van der Waals surface area contributed by atoms with Crippen LogP contribution in [-0.2, 0) is 11.3 Å². The molecule has 86 valence electrons. The predicted octanol–water partition coefficient (Wildman–Crippen LogP) is 0.758. The molecule has 1 fully saturated rings. The van der Waals surface area contributed by atoms with Gasteiger partial charge in [0.25, 0.3) is 0 Å². The molecule has 0 radical (unpaired) electrons. The lowest BCUT2D eigenvalue weighted by Crippen LogP contribution is -2.34. The van der Waals surface area contributed by atoms with Gasteiger partial charge in [0.15, 0.2) is 0 Å². The minimum atomic E-state index is 0.0919. The van der Waals surface area contributed by atoms with Gasteiger partial charge in [0, 0.05) is 25.0 Å². The summed E-state index contributed by atoms with van der Waals surface area (Å²) >= 11 is 0. The first-order chi connectivity index (χ1) is 7.75. The molecule has 1 aromatic rings. The first kappa shape index (κ1) is 11.1.